The standard InChI is InChI=1S/C28H16S4/c1-2-6-18-14-22-21(13-17(18)5-1)25(27-29-9-10-30-27)23-15-19-7-3-4-8-20(19)16-24(23)26(22)28-31-11-12-32-28/h1-16H. The van der Waals surface area contributed by atoms with Crippen LogP contribution in [0.2, 0.25) is 0 Å². The van der Waals surface area contributed by atoms with Crippen molar-refractivity contribution >= 4 is 98.6 Å². The molecule has 0 amide bonds. The second kappa shape index (κ2) is 7.67. The van der Waals surface area contributed by atoms with E-state index in [0.717, 1.165) is 0 Å². The fourth-order valence-electron chi connectivity index (χ4n) is 4.69. The van der Waals surface area contributed by atoms with Gasteiger partial charge < -0.3 is 0 Å². The van der Waals surface area contributed by atoms with E-state index in [0.29, 0.717) is 0 Å². The zero-order valence-electron chi connectivity index (χ0n) is 16.9. The summed E-state index contributed by atoms with van der Waals surface area (Å²) in [7, 11) is 0. The minimum Gasteiger partial charge on any atom is -0.0895 e. The zero-order valence-corrected chi connectivity index (χ0v) is 20.1. The molecule has 32 heavy (non-hydrogen) atoms. The van der Waals surface area contributed by atoms with Crippen LogP contribution in [0.4, 0.5) is 0 Å². The summed E-state index contributed by atoms with van der Waals surface area (Å²) in [6.45, 7) is 0. The smallest absolute Gasteiger partial charge is 0.0571 e. The maximum atomic E-state index is 2.41. The number of fused-ring (bicyclic) bond motifs is 4. The van der Waals surface area contributed by atoms with Gasteiger partial charge in [0, 0.05) is 10.4 Å². The molecule has 0 saturated carbocycles. The molecule has 0 nitrogen and oxygen atoms in total. The van der Waals surface area contributed by atoms with Crippen molar-refractivity contribution in [2.24, 2.45) is 0 Å². The molecule has 0 radical (unpaired) electrons. The third kappa shape index (κ3) is 2.97. The van der Waals surface area contributed by atoms with Crippen LogP contribution in [-0.2, 0) is 0 Å². The minimum atomic E-state index is 1.30. The van der Waals surface area contributed by atoms with Crippen LogP contribution < -0.4 is 10.4 Å². The van der Waals surface area contributed by atoms with Crippen molar-refractivity contribution < 1.29 is 0 Å². The summed E-state index contributed by atoms with van der Waals surface area (Å²) in [6.07, 6.45) is 0. The van der Waals surface area contributed by atoms with Gasteiger partial charge in [0.15, 0.2) is 0 Å². The average molecular weight is 481 g/mol. The summed E-state index contributed by atoms with van der Waals surface area (Å²) in [5.74, 6) is 0. The molecule has 5 aromatic rings. The molecule has 0 fully saturated rings. The minimum absolute atomic E-state index is 1.30. The van der Waals surface area contributed by atoms with E-state index in [2.05, 4.69) is 94.4 Å². The Morgan fingerprint density at radius 2 is 0.656 bits per heavy atom. The van der Waals surface area contributed by atoms with Crippen molar-refractivity contribution in [3.63, 3.8) is 0 Å². The van der Waals surface area contributed by atoms with Crippen LogP contribution in [-0.4, -0.2) is 0 Å². The molecule has 152 valence electrons. The molecule has 0 bridgehead atoms. The fourth-order valence-corrected chi connectivity index (χ4v) is 8.53. The molecule has 0 unspecified atom stereocenters. The molecule has 5 aromatic carbocycles. The number of benzene rings is 5. The molecule has 0 spiro atoms. The van der Waals surface area contributed by atoms with Gasteiger partial charge in [0.05, 0.1) is 8.47 Å². The Morgan fingerprint density at radius 3 is 0.938 bits per heavy atom. The predicted octanol–water partition coefficient (Wildman–Crippen LogP) is 8.33. The van der Waals surface area contributed by atoms with E-state index in [1.165, 1.54) is 62.0 Å². The molecule has 0 aliphatic carbocycles. The molecule has 7 rings (SSSR count). The van der Waals surface area contributed by atoms with Crippen LogP contribution in [0.1, 0.15) is 0 Å². The van der Waals surface area contributed by atoms with Gasteiger partial charge in [0.2, 0.25) is 0 Å². The Balaban J connectivity index is 1.84. The van der Waals surface area contributed by atoms with Crippen LogP contribution in [0.3, 0.4) is 0 Å². The lowest BCUT2D eigenvalue weighted by Crippen LogP contribution is -2.17. The first-order valence-electron chi connectivity index (χ1n) is 10.4. The lowest BCUT2D eigenvalue weighted by Gasteiger charge is -2.13. The highest BCUT2D eigenvalue weighted by atomic mass is 32.2. The largest absolute Gasteiger partial charge is 0.0895 e. The first-order valence-corrected chi connectivity index (χ1v) is 13.9. The highest BCUT2D eigenvalue weighted by Crippen LogP contribution is 2.41. The first kappa shape index (κ1) is 19.2. The van der Waals surface area contributed by atoms with E-state index in [9.17, 15) is 0 Å². The molecule has 4 heteroatoms. The molecule has 2 aliphatic rings. The highest BCUT2D eigenvalue weighted by molar-refractivity contribution is 8.35. The third-order valence-electron chi connectivity index (χ3n) is 6.07. The monoisotopic (exact) mass is 480 g/mol. The summed E-state index contributed by atoms with van der Waals surface area (Å²) in [5, 5.41) is 22.1. The van der Waals surface area contributed by atoms with Gasteiger partial charge in [-0.3, -0.25) is 0 Å². The Kier molecular flexibility index (Phi) is 4.61. The predicted molar refractivity (Wildman–Crippen MR) is 151 cm³/mol. The second-order valence-corrected chi connectivity index (χ2v) is 12.0. The quantitative estimate of drug-likeness (QED) is 0.204. The Morgan fingerprint density at radius 1 is 0.375 bits per heavy atom. The van der Waals surface area contributed by atoms with E-state index in [1.54, 1.807) is 0 Å². The highest BCUT2D eigenvalue weighted by Gasteiger charge is 2.16. The Labute approximate surface area is 202 Å². The number of thioether (sulfide) groups is 4. The first-order chi connectivity index (χ1) is 15.9. The van der Waals surface area contributed by atoms with Gasteiger partial charge in [-0.15, -0.1) is 0 Å². The van der Waals surface area contributed by atoms with Gasteiger partial charge in [0.25, 0.3) is 0 Å². The van der Waals surface area contributed by atoms with Crippen LogP contribution in [0, 0.1) is 0 Å². The van der Waals surface area contributed by atoms with Crippen LogP contribution >= 0.6 is 47.0 Å². The van der Waals surface area contributed by atoms with Gasteiger partial charge >= 0.3 is 0 Å². The lowest BCUT2D eigenvalue weighted by molar-refractivity contribution is 1.72. The van der Waals surface area contributed by atoms with Crippen LogP contribution in [0.25, 0.3) is 51.6 Å². The maximum absolute atomic E-state index is 2.41. The number of rotatable bonds is 0. The SMILES string of the molecule is C1=CSC(=c2c3cc4ccccc4cc3c(=C3SC=CS3)c3cc4ccccc4cc23)S1. The topological polar surface area (TPSA) is 0 Å². The summed E-state index contributed by atoms with van der Waals surface area (Å²) in [5.41, 5.74) is 0. The Hall–Kier alpha value is -2.24. The Bertz CT molecular complexity index is 1520. The van der Waals surface area contributed by atoms with Crippen LogP contribution in [0.15, 0.2) is 94.4 Å². The molecule has 0 saturated heterocycles. The molecule has 0 aromatic heterocycles. The lowest BCUT2D eigenvalue weighted by atomic mass is 9.94. The average Bonchev–Trinajstić information content (AvgIpc) is 3.55. The summed E-state index contributed by atoms with van der Waals surface area (Å²) in [6, 6.07) is 27.1. The summed E-state index contributed by atoms with van der Waals surface area (Å²) >= 11 is 7.37. The van der Waals surface area contributed by atoms with Gasteiger partial charge in [-0.25, -0.2) is 0 Å². The summed E-state index contributed by atoms with van der Waals surface area (Å²) < 4.78 is 2.74. The molecular weight excluding hydrogens is 465 g/mol. The fraction of sp³-hybridized carbons (Fsp3) is 0. The maximum Gasteiger partial charge on any atom is 0.0571 e. The molecular formula is C28H16S4. The van der Waals surface area contributed by atoms with E-state index in [-0.39, 0.29) is 0 Å². The van der Waals surface area contributed by atoms with Crippen LogP contribution in [0.5, 0.6) is 0 Å². The van der Waals surface area contributed by atoms with E-state index in [1.807, 2.05) is 47.0 Å². The zero-order chi connectivity index (χ0) is 21.1. The number of hydrogen-bond acceptors (Lipinski definition) is 4. The van der Waals surface area contributed by atoms with E-state index >= 15 is 0 Å². The molecule has 0 atom stereocenters. The van der Waals surface area contributed by atoms with Gasteiger partial charge in [-0.05, 0) is 89.0 Å². The van der Waals surface area contributed by atoms with Gasteiger partial charge in [-0.1, -0.05) is 95.6 Å². The summed E-state index contributed by atoms with van der Waals surface area (Å²) in [4.78, 5) is 0. The van der Waals surface area contributed by atoms with Crippen molar-refractivity contribution in [1.29, 1.82) is 0 Å². The molecule has 2 heterocycles. The van der Waals surface area contributed by atoms with Crippen molar-refractivity contribution in [2.75, 3.05) is 0 Å². The van der Waals surface area contributed by atoms with Gasteiger partial charge in [-0.2, -0.15) is 0 Å². The third-order valence-corrected chi connectivity index (χ3v) is 10.3. The van der Waals surface area contributed by atoms with Crippen molar-refractivity contribution in [3.05, 3.63) is 105 Å². The van der Waals surface area contributed by atoms with E-state index in [4.69, 9.17) is 0 Å². The second-order valence-electron chi connectivity index (χ2n) is 7.83. The van der Waals surface area contributed by atoms with Crippen molar-refractivity contribution in [3.8, 4) is 0 Å². The molecule has 2 aliphatic heterocycles. The van der Waals surface area contributed by atoms with Crippen molar-refractivity contribution in [1.82, 2.24) is 0 Å². The van der Waals surface area contributed by atoms with Crippen molar-refractivity contribution in [2.45, 2.75) is 0 Å². The molecule has 0 N–H and O–H groups in total. The normalized spacial score (nSPS) is 15.9. The number of hydrogen-bond donors (Lipinski definition) is 0. The van der Waals surface area contributed by atoms with Gasteiger partial charge in [0.1, 0.15) is 0 Å². The van der Waals surface area contributed by atoms with E-state index < -0.39 is 0 Å².